The van der Waals surface area contributed by atoms with Crippen LogP contribution in [0.15, 0.2) is 0 Å². The predicted octanol–water partition coefficient (Wildman–Crippen LogP) is 2.66. The molecule has 48 valence electrons. The maximum atomic E-state index is 6.08. The second kappa shape index (κ2) is 1.23. The molecule has 0 aromatic carbocycles. The SMILES string of the molecule is CC1C(C)(C)C1(C)Cl. The van der Waals surface area contributed by atoms with Gasteiger partial charge in [0.25, 0.3) is 0 Å². The first-order valence-corrected chi connectivity index (χ1v) is 3.47. The Labute approximate surface area is 56.2 Å². The van der Waals surface area contributed by atoms with Gasteiger partial charge in [0, 0.05) is 0 Å². The van der Waals surface area contributed by atoms with Crippen molar-refractivity contribution < 1.29 is 0 Å². The highest BCUT2D eigenvalue weighted by molar-refractivity contribution is 6.26. The average Bonchev–Trinajstić information content (AvgIpc) is 1.88. The first kappa shape index (κ1) is 6.41. The van der Waals surface area contributed by atoms with Crippen molar-refractivity contribution in [2.24, 2.45) is 11.3 Å². The smallest absolute Gasteiger partial charge is 0.0503 e. The molecule has 0 amide bonds. The van der Waals surface area contributed by atoms with Crippen LogP contribution in [-0.2, 0) is 0 Å². The van der Waals surface area contributed by atoms with Crippen molar-refractivity contribution >= 4 is 11.6 Å². The minimum Gasteiger partial charge on any atom is -0.119 e. The molecule has 1 aliphatic rings. The fraction of sp³-hybridized carbons (Fsp3) is 1.00. The van der Waals surface area contributed by atoms with E-state index in [9.17, 15) is 0 Å². The van der Waals surface area contributed by atoms with Gasteiger partial charge in [-0.25, -0.2) is 0 Å². The molecule has 8 heavy (non-hydrogen) atoms. The van der Waals surface area contributed by atoms with E-state index in [1.807, 2.05) is 0 Å². The van der Waals surface area contributed by atoms with Gasteiger partial charge in [0.2, 0.25) is 0 Å². The molecule has 0 nitrogen and oxygen atoms in total. The van der Waals surface area contributed by atoms with Crippen molar-refractivity contribution in [3.05, 3.63) is 0 Å². The summed E-state index contributed by atoms with van der Waals surface area (Å²) in [6.07, 6.45) is 0. The Morgan fingerprint density at radius 1 is 1.25 bits per heavy atom. The molecule has 0 heterocycles. The van der Waals surface area contributed by atoms with E-state index >= 15 is 0 Å². The summed E-state index contributed by atoms with van der Waals surface area (Å²) in [5, 5.41) is 0. The lowest BCUT2D eigenvalue weighted by Gasteiger charge is -2.01. The third-order valence-electron chi connectivity index (χ3n) is 3.07. The first-order valence-electron chi connectivity index (χ1n) is 3.09. The van der Waals surface area contributed by atoms with Crippen molar-refractivity contribution in [1.82, 2.24) is 0 Å². The van der Waals surface area contributed by atoms with Crippen LogP contribution < -0.4 is 0 Å². The summed E-state index contributed by atoms with van der Waals surface area (Å²) in [7, 11) is 0. The lowest BCUT2D eigenvalue weighted by molar-refractivity contribution is 0.567. The first-order chi connectivity index (χ1) is 3.40. The molecule has 2 atom stereocenters. The van der Waals surface area contributed by atoms with E-state index in [1.165, 1.54) is 0 Å². The largest absolute Gasteiger partial charge is 0.119 e. The molecular weight excluding hydrogens is 120 g/mol. The van der Waals surface area contributed by atoms with Crippen LogP contribution in [0, 0.1) is 11.3 Å². The van der Waals surface area contributed by atoms with Crippen LogP contribution >= 0.6 is 11.6 Å². The molecule has 0 N–H and O–H groups in total. The van der Waals surface area contributed by atoms with E-state index in [2.05, 4.69) is 27.7 Å². The van der Waals surface area contributed by atoms with Crippen LogP contribution in [0.5, 0.6) is 0 Å². The van der Waals surface area contributed by atoms with Gasteiger partial charge in [-0.15, -0.1) is 11.6 Å². The summed E-state index contributed by atoms with van der Waals surface area (Å²) in [5.41, 5.74) is 0.370. The molecule has 1 rings (SSSR count). The van der Waals surface area contributed by atoms with Gasteiger partial charge in [0.15, 0.2) is 0 Å². The number of rotatable bonds is 0. The fourth-order valence-electron chi connectivity index (χ4n) is 1.21. The standard InChI is InChI=1S/C7H13Cl/c1-5-6(2,3)7(5,4)8/h5H,1-4H3. The zero-order valence-corrected chi connectivity index (χ0v) is 6.71. The monoisotopic (exact) mass is 132 g/mol. The van der Waals surface area contributed by atoms with Crippen molar-refractivity contribution in [1.29, 1.82) is 0 Å². The van der Waals surface area contributed by atoms with Crippen molar-refractivity contribution in [2.45, 2.75) is 32.6 Å². The van der Waals surface area contributed by atoms with E-state index in [-0.39, 0.29) is 4.87 Å². The minimum absolute atomic E-state index is 0.0764. The topological polar surface area (TPSA) is 0 Å². The highest BCUT2D eigenvalue weighted by Crippen LogP contribution is 2.65. The van der Waals surface area contributed by atoms with E-state index in [4.69, 9.17) is 11.6 Å². The minimum atomic E-state index is 0.0764. The number of hydrogen-bond donors (Lipinski definition) is 0. The van der Waals surface area contributed by atoms with Gasteiger partial charge in [-0.2, -0.15) is 0 Å². The maximum absolute atomic E-state index is 6.08. The van der Waals surface area contributed by atoms with Gasteiger partial charge in [-0.3, -0.25) is 0 Å². The molecule has 1 heteroatoms. The molecule has 0 bridgehead atoms. The molecule has 0 radical (unpaired) electrons. The molecule has 0 aromatic rings. The summed E-state index contributed by atoms with van der Waals surface area (Å²) < 4.78 is 0. The third-order valence-corrected chi connectivity index (χ3v) is 3.89. The van der Waals surface area contributed by atoms with Gasteiger partial charge in [-0.1, -0.05) is 20.8 Å². The number of alkyl halides is 1. The zero-order chi connectivity index (χ0) is 6.58. The molecular formula is C7H13Cl. The Balaban J connectivity index is 2.72. The maximum Gasteiger partial charge on any atom is 0.0503 e. The van der Waals surface area contributed by atoms with Crippen LogP contribution in [0.2, 0.25) is 0 Å². The van der Waals surface area contributed by atoms with Gasteiger partial charge >= 0.3 is 0 Å². The van der Waals surface area contributed by atoms with Crippen LogP contribution in [0.4, 0.5) is 0 Å². The van der Waals surface area contributed by atoms with Gasteiger partial charge in [0.05, 0.1) is 4.87 Å². The summed E-state index contributed by atoms with van der Waals surface area (Å²) in [6, 6.07) is 0. The Morgan fingerprint density at radius 3 is 1.38 bits per heavy atom. The Kier molecular flexibility index (Phi) is 0.989. The second-order valence-electron chi connectivity index (χ2n) is 3.52. The molecule has 1 saturated carbocycles. The number of halogens is 1. The van der Waals surface area contributed by atoms with Crippen LogP contribution in [-0.4, -0.2) is 4.87 Å². The second-order valence-corrected chi connectivity index (χ2v) is 4.30. The summed E-state index contributed by atoms with van der Waals surface area (Å²) in [6.45, 7) is 8.74. The Morgan fingerprint density at radius 2 is 1.38 bits per heavy atom. The lowest BCUT2D eigenvalue weighted by atomic mass is 10.1. The van der Waals surface area contributed by atoms with E-state index in [0.29, 0.717) is 11.3 Å². The van der Waals surface area contributed by atoms with Gasteiger partial charge < -0.3 is 0 Å². The Hall–Kier alpha value is 0.290. The predicted molar refractivity (Wildman–Crippen MR) is 37.2 cm³/mol. The Bertz CT molecular complexity index is 99.6. The summed E-state index contributed by atoms with van der Waals surface area (Å²) in [4.78, 5) is 0.0764. The molecule has 0 spiro atoms. The third kappa shape index (κ3) is 0.473. The molecule has 2 unspecified atom stereocenters. The fourth-order valence-corrected chi connectivity index (χ4v) is 1.59. The number of hydrogen-bond acceptors (Lipinski definition) is 0. The normalized spacial score (nSPS) is 51.4. The van der Waals surface area contributed by atoms with E-state index in [0.717, 1.165) is 0 Å². The molecule has 1 aliphatic carbocycles. The van der Waals surface area contributed by atoms with Gasteiger partial charge in [0.1, 0.15) is 0 Å². The van der Waals surface area contributed by atoms with Crippen LogP contribution in [0.25, 0.3) is 0 Å². The summed E-state index contributed by atoms with van der Waals surface area (Å²) in [5.74, 6) is 0.677. The molecule has 0 aromatic heterocycles. The summed E-state index contributed by atoms with van der Waals surface area (Å²) >= 11 is 6.08. The lowest BCUT2D eigenvalue weighted by Crippen LogP contribution is -1.99. The molecule has 1 fully saturated rings. The van der Waals surface area contributed by atoms with Crippen molar-refractivity contribution in [2.75, 3.05) is 0 Å². The molecule has 0 aliphatic heterocycles. The highest BCUT2D eigenvalue weighted by atomic mass is 35.5. The zero-order valence-electron chi connectivity index (χ0n) is 5.96. The van der Waals surface area contributed by atoms with Gasteiger partial charge in [-0.05, 0) is 18.3 Å². The quantitative estimate of drug-likeness (QED) is 0.445. The average molecular weight is 133 g/mol. The highest BCUT2D eigenvalue weighted by Gasteiger charge is 2.64. The van der Waals surface area contributed by atoms with Crippen LogP contribution in [0.1, 0.15) is 27.7 Å². The molecule has 0 saturated heterocycles. The van der Waals surface area contributed by atoms with E-state index < -0.39 is 0 Å². The van der Waals surface area contributed by atoms with Crippen molar-refractivity contribution in [3.63, 3.8) is 0 Å². The van der Waals surface area contributed by atoms with Crippen LogP contribution in [0.3, 0.4) is 0 Å². The van der Waals surface area contributed by atoms with Crippen molar-refractivity contribution in [3.8, 4) is 0 Å². The van der Waals surface area contributed by atoms with E-state index in [1.54, 1.807) is 0 Å².